The van der Waals surface area contributed by atoms with E-state index < -0.39 is 29.8 Å². The fraction of sp³-hybridized carbons (Fsp3) is 0.300. The van der Waals surface area contributed by atoms with E-state index in [9.17, 15) is 22.8 Å². The second-order valence-electron chi connectivity index (χ2n) is 5.98. The average molecular weight is 410 g/mol. The number of urea groups is 1. The molecule has 0 aliphatic heterocycles. The zero-order valence-electron chi connectivity index (χ0n) is 15.9. The van der Waals surface area contributed by atoms with Crippen molar-refractivity contribution in [2.75, 3.05) is 19.0 Å². The lowest BCUT2D eigenvalue weighted by atomic mass is 10.0. The van der Waals surface area contributed by atoms with Gasteiger partial charge >= 0.3 is 18.2 Å². The van der Waals surface area contributed by atoms with Gasteiger partial charge in [-0.1, -0.05) is 30.3 Å². The van der Waals surface area contributed by atoms with Gasteiger partial charge in [0.05, 0.1) is 37.4 Å². The molecule has 0 bridgehead atoms. The molecule has 156 valence electrons. The predicted octanol–water partition coefficient (Wildman–Crippen LogP) is 4.53. The van der Waals surface area contributed by atoms with Crippen molar-refractivity contribution < 1.29 is 32.2 Å². The lowest BCUT2D eigenvalue weighted by Crippen LogP contribution is -2.34. The van der Waals surface area contributed by atoms with Crippen molar-refractivity contribution in [2.24, 2.45) is 0 Å². The highest BCUT2D eigenvalue weighted by atomic mass is 19.4. The molecule has 1 unspecified atom stereocenters. The first-order valence-corrected chi connectivity index (χ1v) is 8.78. The molecule has 2 aromatic carbocycles. The molecule has 0 spiro atoms. The van der Waals surface area contributed by atoms with E-state index >= 15 is 0 Å². The summed E-state index contributed by atoms with van der Waals surface area (Å²) in [4.78, 5) is 24.2. The summed E-state index contributed by atoms with van der Waals surface area (Å²) in [7, 11) is 1.22. The number of halogens is 3. The lowest BCUT2D eigenvalue weighted by molar-refractivity contribution is -0.141. The first-order chi connectivity index (χ1) is 13.7. The van der Waals surface area contributed by atoms with Gasteiger partial charge in [0.15, 0.2) is 0 Å². The van der Waals surface area contributed by atoms with Crippen LogP contribution in [-0.2, 0) is 15.7 Å². The maximum absolute atomic E-state index is 13.0. The number of anilines is 1. The Morgan fingerprint density at radius 2 is 1.79 bits per heavy atom. The van der Waals surface area contributed by atoms with Gasteiger partial charge in [-0.2, -0.15) is 13.2 Å². The topological polar surface area (TPSA) is 76.7 Å². The fourth-order valence-electron chi connectivity index (χ4n) is 2.59. The Bertz CT molecular complexity index is 841. The summed E-state index contributed by atoms with van der Waals surface area (Å²) in [5, 5.41) is 4.96. The Morgan fingerprint density at radius 1 is 1.10 bits per heavy atom. The Morgan fingerprint density at radius 3 is 2.38 bits per heavy atom. The van der Waals surface area contributed by atoms with Gasteiger partial charge in [0.2, 0.25) is 0 Å². The number of carbonyl (C=O) groups is 2. The van der Waals surface area contributed by atoms with Crippen molar-refractivity contribution >= 4 is 17.7 Å². The Kier molecular flexibility index (Phi) is 7.46. The standard InChI is InChI=1S/C20H21F3N2O4/c1-3-29-17-10-9-14(20(21,22)23)11-16(17)25-19(27)24-15(12-18(26)28-2)13-7-5-4-6-8-13/h4-11,15H,3,12H2,1-2H3,(H2,24,25,27). The van der Waals surface area contributed by atoms with Gasteiger partial charge in [0, 0.05) is 0 Å². The molecule has 0 aromatic heterocycles. The van der Waals surface area contributed by atoms with Gasteiger partial charge < -0.3 is 20.1 Å². The molecule has 2 amide bonds. The molecule has 2 N–H and O–H groups in total. The Hall–Kier alpha value is -3.23. The number of benzene rings is 2. The van der Waals surface area contributed by atoms with E-state index in [0.29, 0.717) is 5.56 Å². The molecule has 9 heteroatoms. The number of hydrogen-bond acceptors (Lipinski definition) is 4. The number of alkyl halides is 3. The minimum Gasteiger partial charge on any atom is -0.492 e. The van der Waals surface area contributed by atoms with E-state index in [1.54, 1.807) is 37.3 Å². The van der Waals surface area contributed by atoms with Crippen LogP contribution in [0.15, 0.2) is 48.5 Å². The number of methoxy groups -OCH3 is 1. The van der Waals surface area contributed by atoms with Crippen LogP contribution in [0, 0.1) is 0 Å². The normalized spacial score (nSPS) is 12.0. The molecule has 0 aliphatic rings. The van der Waals surface area contributed by atoms with Gasteiger partial charge in [0.1, 0.15) is 5.75 Å². The molecular weight excluding hydrogens is 389 g/mol. The molecule has 0 aliphatic carbocycles. The van der Waals surface area contributed by atoms with Crippen LogP contribution in [0.4, 0.5) is 23.7 Å². The predicted molar refractivity (Wildman–Crippen MR) is 101 cm³/mol. The summed E-state index contributed by atoms with van der Waals surface area (Å²) < 4.78 is 49.0. The summed E-state index contributed by atoms with van der Waals surface area (Å²) >= 11 is 0. The molecule has 2 rings (SSSR count). The highest BCUT2D eigenvalue weighted by molar-refractivity contribution is 5.91. The number of esters is 1. The molecule has 29 heavy (non-hydrogen) atoms. The summed E-state index contributed by atoms with van der Waals surface area (Å²) in [5.74, 6) is -0.451. The number of nitrogens with one attached hydrogen (secondary N) is 2. The van der Waals surface area contributed by atoms with Crippen LogP contribution < -0.4 is 15.4 Å². The maximum Gasteiger partial charge on any atom is 0.416 e. The molecule has 0 heterocycles. The molecule has 1 atom stereocenters. The zero-order valence-corrected chi connectivity index (χ0v) is 15.9. The van der Waals surface area contributed by atoms with Crippen molar-refractivity contribution in [1.82, 2.24) is 5.32 Å². The minimum absolute atomic E-state index is 0.0971. The smallest absolute Gasteiger partial charge is 0.416 e. The first kappa shape index (κ1) is 22.1. The molecule has 0 saturated carbocycles. The number of amides is 2. The van der Waals surface area contributed by atoms with Crippen LogP contribution in [0.5, 0.6) is 5.75 Å². The zero-order chi connectivity index (χ0) is 21.4. The first-order valence-electron chi connectivity index (χ1n) is 8.78. The molecule has 0 radical (unpaired) electrons. The van der Waals surface area contributed by atoms with E-state index in [2.05, 4.69) is 15.4 Å². The van der Waals surface area contributed by atoms with Gasteiger partial charge in [-0.3, -0.25) is 4.79 Å². The van der Waals surface area contributed by atoms with Crippen molar-refractivity contribution in [3.05, 3.63) is 59.7 Å². The molecule has 6 nitrogen and oxygen atoms in total. The Labute approximate surface area is 166 Å². The highest BCUT2D eigenvalue weighted by Gasteiger charge is 2.31. The average Bonchev–Trinajstić information content (AvgIpc) is 2.68. The maximum atomic E-state index is 13.0. The number of hydrogen-bond donors (Lipinski definition) is 2. The van der Waals surface area contributed by atoms with Crippen LogP contribution in [0.2, 0.25) is 0 Å². The van der Waals surface area contributed by atoms with Crippen LogP contribution in [0.25, 0.3) is 0 Å². The van der Waals surface area contributed by atoms with Crippen molar-refractivity contribution in [1.29, 1.82) is 0 Å². The largest absolute Gasteiger partial charge is 0.492 e. The summed E-state index contributed by atoms with van der Waals surface area (Å²) in [5.41, 5.74) is -0.420. The van der Waals surface area contributed by atoms with Crippen LogP contribution >= 0.6 is 0 Å². The SMILES string of the molecule is CCOc1ccc(C(F)(F)F)cc1NC(=O)NC(CC(=O)OC)c1ccccc1. The van der Waals surface area contributed by atoms with E-state index in [1.807, 2.05) is 0 Å². The van der Waals surface area contributed by atoms with E-state index in [1.165, 1.54) is 7.11 Å². The Balaban J connectivity index is 2.23. The molecular formula is C20H21F3N2O4. The molecule has 2 aromatic rings. The van der Waals surface area contributed by atoms with E-state index in [-0.39, 0.29) is 24.5 Å². The van der Waals surface area contributed by atoms with Crippen LogP contribution in [0.1, 0.15) is 30.5 Å². The van der Waals surface area contributed by atoms with Gasteiger partial charge in [-0.05, 0) is 30.7 Å². The van der Waals surface area contributed by atoms with Crippen molar-refractivity contribution in [3.63, 3.8) is 0 Å². The van der Waals surface area contributed by atoms with E-state index in [4.69, 9.17) is 4.74 Å². The number of carbonyl (C=O) groups excluding carboxylic acids is 2. The third-order valence-electron chi connectivity index (χ3n) is 3.96. The highest BCUT2D eigenvalue weighted by Crippen LogP contribution is 2.35. The monoisotopic (exact) mass is 410 g/mol. The van der Waals surface area contributed by atoms with Crippen LogP contribution in [-0.4, -0.2) is 25.7 Å². The quantitative estimate of drug-likeness (QED) is 0.658. The third-order valence-corrected chi connectivity index (χ3v) is 3.96. The molecule has 0 saturated heterocycles. The van der Waals surface area contributed by atoms with Crippen molar-refractivity contribution in [3.8, 4) is 5.75 Å². The summed E-state index contributed by atoms with van der Waals surface area (Å²) in [6, 6.07) is 9.96. The summed E-state index contributed by atoms with van der Waals surface area (Å²) in [6.07, 6.45) is -4.72. The lowest BCUT2D eigenvalue weighted by Gasteiger charge is -2.20. The molecule has 0 fully saturated rings. The minimum atomic E-state index is -4.57. The van der Waals surface area contributed by atoms with Crippen molar-refractivity contribution in [2.45, 2.75) is 25.6 Å². The number of rotatable bonds is 7. The van der Waals surface area contributed by atoms with E-state index in [0.717, 1.165) is 18.2 Å². The van der Waals surface area contributed by atoms with Gasteiger partial charge in [0.25, 0.3) is 0 Å². The fourth-order valence-corrected chi connectivity index (χ4v) is 2.59. The summed E-state index contributed by atoms with van der Waals surface area (Å²) in [6.45, 7) is 1.87. The second kappa shape index (κ2) is 9.81. The van der Waals surface area contributed by atoms with Gasteiger partial charge in [-0.15, -0.1) is 0 Å². The van der Waals surface area contributed by atoms with Crippen LogP contribution in [0.3, 0.4) is 0 Å². The number of ether oxygens (including phenoxy) is 2. The van der Waals surface area contributed by atoms with Gasteiger partial charge in [-0.25, -0.2) is 4.79 Å². The second-order valence-corrected chi connectivity index (χ2v) is 5.98. The third kappa shape index (κ3) is 6.41.